The van der Waals surface area contributed by atoms with E-state index < -0.39 is 0 Å². The fourth-order valence-electron chi connectivity index (χ4n) is 0.996. The van der Waals surface area contributed by atoms with Gasteiger partial charge in [0.1, 0.15) is 0 Å². The van der Waals surface area contributed by atoms with E-state index >= 15 is 0 Å². The molecule has 0 saturated heterocycles. The normalized spacial score (nSPS) is 9.81. The van der Waals surface area contributed by atoms with Gasteiger partial charge in [0, 0.05) is 0 Å². The molecule has 2 aromatic heterocycles. The van der Waals surface area contributed by atoms with Gasteiger partial charge in [-0.25, -0.2) is 0 Å². The minimum Gasteiger partial charge on any atom is -0.305 e. The van der Waals surface area contributed by atoms with Crippen LogP contribution in [-0.2, 0) is 0 Å². The second-order valence-corrected chi connectivity index (χ2v) is 3.21. The standard InChI is InChI=1S/C9H6ClN5O/c10-7-1-2-8(15-14-7)13-9(16)6-3-4-11-12-5-6/h1-5H,(H,13,15,16). The number of amides is 1. The maximum atomic E-state index is 11.6. The molecule has 0 unspecified atom stereocenters. The first-order chi connectivity index (χ1) is 7.75. The van der Waals surface area contributed by atoms with E-state index in [4.69, 9.17) is 11.6 Å². The van der Waals surface area contributed by atoms with Gasteiger partial charge in [0.15, 0.2) is 11.0 Å². The molecule has 0 fully saturated rings. The lowest BCUT2D eigenvalue weighted by Crippen LogP contribution is -2.13. The Balaban J connectivity index is 2.11. The summed E-state index contributed by atoms with van der Waals surface area (Å²) < 4.78 is 0. The Morgan fingerprint density at radius 2 is 2.06 bits per heavy atom. The van der Waals surface area contributed by atoms with Crippen molar-refractivity contribution in [2.24, 2.45) is 0 Å². The molecular formula is C9H6ClN5O. The van der Waals surface area contributed by atoms with E-state index in [0.29, 0.717) is 11.4 Å². The van der Waals surface area contributed by atoms with Crippen molar-refractivity contribution >= 4 is 23.3 Å². The van der Waals surface area contributed by atoms with Crippen LogP contribution in [0.3, 0.4) is 0 Å². The van der Waals surface area contributed by atoms with Crippen LogP contribution < -0.4 is 5.32 Å². The first-order valence-corrected chi connectivity index (χ1v) is 4.71. The number of rotatable bonds is 2. The van der Waals surface area contributed by atoms with Crippen LogP contribution in [0.15, 0.2) is 30.6 Å². The molecule has 0 aromatic carbocycles. The van der Waals surface area contributed by atoms with Crippen molar-refractivity contribution in [1.82, 2.24) is 20.4 Å². The zero-order valence-electron chi connectivity index (χ0n) is 7.96. The number of nitrogens with zero attached hydrogens (tertiary/aromatic N) is 4. The predicted molar refractivity (Wildman–Crippen MR) is 57.0 cm³/mol. The molecule has 1 N–H and O–H groups in total. The lowest BCUT2D eigenvalue weighted by Gasteiger charge is -2.02. The summed E-state index contributed by atoms with van der Waals surface area (Å²) in [6.07, 6.45) is 2.79. The highest BCUT2D eigenvalue weighted by atomic mass is 35.5. The lowest BCUT2D eigenvalue weighted by molar-refractivity contribution is 0.102. The zero-order chi connectivity index (χ0) is 11.4. The van der Waals surface area contributed by atoms with Crippen LogP contribution >= 0.6 is 11.6 Å². The average molecular weight is 236 g/mol. The first kappa shape index (κ1) is 10.4. The fourth-order valence-corrected chi connectivity index (χ4v) is 1.10. The SMILES string of the molecule is O=C(Nc1ccc(Cl)nn1)c1ccnnc1. The van der Waals surface area contributed by atoms with Gasteiger partial charge in [-0.05, 0) is 18.2 Å². The smallest absolute Gasteiger partial charge is 0.258 e. The van der Waals surface area contributed by atoms with E-state index in [0.717, 1.165) is 0 Å². The minimum absolute atomic E-state index is 0.267. The molecule has 7 heteroatoms. The summed E-state index contributed by atoms with van der Waals surface area (Å²) in [6.45, 7) is 0. The Hall–Kier alpha value is -2.08. The maximum Gasteiger partial charge on any atom is 0.258 e. The largest absolute Gasteiger partial charge is 0.305 e. The van der Waals surface area contributed by atoms with Crippen molar-refractivity contribution in [1.29, 1.82) is 0 Å². The van der Waals surface area contributed by atoms with E-state index in [-0.39, 0.29) is 11.1 Å². The van der Waals surface area contributed by atoms with Gasteiger partial charge in [0.2, 0.25) is 0 Å². The van der Waals surface area contributed by atoms with Crippen LogP contribution in [0.5, 0.6) is 0 Å². The highest BCUT2D eigenvalue weighted by molar-refractivity contribution is 6.29. The summed E-state index contributed by atoms with van der Waals surface area (Å²) in [5, 5.41) is 17.3. The highest BCUT2D eigenvalue weighted by Crippen LogP contribution is 2.07. The molecule has 1 amide bonds. The van der Waals surface area contributed by atoms with Crippen molar-refractivity contribution < 1.29 is 4.79 Å². The van der Waals surface area contributed by atoms with Crippen LogP contribution in [-0.4, -0.2) is 26.3 Å². The quantitative estimate of drug-likeness (QED) is 0.845. The van der Waals surface area contributed by atoms with E-state index in [9.17, 15) is 4.79 Å². The molecule has 0 aliphatic rings. The third kappa shape index (κ3) is 2.48. The fraction of sp³-hybridized carbons (Fsp3) is 0. The zero-order valence-corrected chi connectivity index (χ0v) is 8.72. The number of aromatic nitrogens is 4. The van der Waals surface area contributed by atoms with Crippen molar-refractivity contribution in [2.45, 2.75) is 0 Å². The van der Waals surface area contributed by atoms with Crippen molar-refractivity contribution in [3.05, 3.63) is 41.3 Å². The molecule has 16 heavy (non-hydrogen) atoms. The number of hydrogen-bond acceptors (Lipinski definition) is 5. The van der Waals surface area contributed by atoms with Crippen LogP contribution in [0.4, 0.5) is 5.82 Å². The molecule has 0 spiro atoms. The Morgan fingerprint density at radius 3 is 2.69 bits per heavy atom. The Labute approximate surface area is 95.7 Å². The van der Waals surface area contributed by atoms with Gasteiger partial charge >= 0.3 is 0 Å². The molecule has 0 atom stereocenters. The molecule has 0 saturated carbocycles. The molecule has 0 aliphatic carbocycles. The third-order valence-corrected chi connectivity index (χ3v) is 1.92. The number of halogens is 1. The molecule has 2 rings (SSSR count). The highest BCUT2D eigenvalue weighted by Gasteiger charge is 2.06. The summed E-state index contributed by atoms with van der Waals surface area (Å²) in [4.78, 5) is 11.6. The number of carbonyl (C=O) groups excluding carboxylic acids is 1. The molecule has 0 radical (unpaired) electrons. The summed E-state index contributed by atoms with van der Waals surface area (Å²) >= 11 is 5.56. The molecule has 80 valence electrons. The van der Waals surface area contributed by atoms with E-state index in [2.05, 4.69) is 25.7 Å². The number of nitrogens with one attached hydrogen (secondary N) is 1. The molecule has 0 bridgehead atoms. The Bertz CT molecular complexity index is 487. The Kier molecular flexibility index (Phi) is 3.02. The van der Waals surface area contributed by atoms with E-state index in [1.165, 1.54) is 18.5 Å². The minimum atomic E-state index is -0.327. The number of hydrogen-bond donors (Lipinski definition) is 1. The molecule has 2 aromatic rings. The second-order valence-electron chi connectivity index (χ2n) is 2.83. The van der Waals surface area contributed by atoms with Gasteiger partial charge in [0.25, 0.3) is 5.91 Å². The van der Waals surface area contributed by atoms with Crippen LogP contribution in [0.1, 0.15) is 10.4 Å². The number of anilines is 1. The summed E-state index contributed by atoms with van der Waals surface area (Å²) in [5.41, 5.74) is 0.395. The lowest BCUT2D eigenvalue weighted by atomic mass is 10.3. The summed E-state index contributed by atoms with van der Waals surface area (Å²) in [5.74, 6) is -0.00210. The third-order valence-electron chi connectivity index (χ3n) is 1.72. The summed E-state index contributed by atoms with van der Waals surface area (Å²) in [7, 11) is 0. The van der Waals surface area contributed by atoms with Crippen molar-refractivity contribution in [3.8, 4) is 0 Å². The van der Waals surface area contributed by atoms with Gasteiger partial charge in [-0.1, -0.05) is 11.6 Å². The van der Waals surface area contributed by atoms with Crippen LogP contribution in [0, 0.1) is 0 Å². The molecule has 2 heterocycles. The second kappa shape index (κ2) is 4.63. The predicted octanol–water partition coefficient (Wildman–Crippen LogP) is 1.17. The van der Waals surface area contributed by atoms with E-state index in [1.54, 1.807) is 12.1 Å². The van der Waals surface area contributed by atoms with Gasteiger partial charge in [-0.15, -0.1) is 10.2 Å². The topological polar surface area (TPSA) is 80.7 Å². The van der Waals surface area contributed by atoms with Gasteiger partial charge in [-0.3, -0.25) is 4.79 Å². The molecular weight excluding hydrogens is 230 g/mol. The summed E-state index contributed by atoms with van der Waals surface area (Å²) in [6, 6.07) is 4.64. The Morgan fingerprint density at radius 1 is 1.19 bits per heavy atom. The number of carbonyl (C=O) groups is 1. The van der Waals surface area contributed by atoms with Gasteiger partial charge in [0.05, 0.1) is 18.0 Å². The van der Waals surface area contributed by atoms with Crippen molar-refractivity contribution in [2.75, 3.05) is 5.32 Å². The first-order valence-electron chi connectivity index (χ1n) is 4.33. The van der Waals surface area contributed by atoms with Gasteiger partial charge < -0.3 is 5.32 Å². The average Bonchev–Trinajstić information content (AvgIpc) is 2.33. The van der Waals surface area contributed by atoms with Crippen LogP contribution in [0.2, 0.25) is 5.15 Å². The van der Waals surface area contributed by atoms with Gasteiger partial charge in [-0.2, -0.15) is 10.2 Å². The maximum absolute atomic E-state index is 11.6. The van der Waals surface area contributed by atoms with E-state index in [1.807, 2.05) is 0 Å². The monoisotopic (exact) mass is 235 g/mol. The molecule has 6 nitrogen and oxygen atoms in total. The van der Waals surface area contributed by atoms with Crippen LogP contribution in [0.25, 0.3) is 0 Å². The molecule has 0 aliphatic heterocycles. The van der Waals surface area contributed by atoms with Crippen molar-refractivity contribution in [3.63, 3.8) is 0 Å².